The molecular weight excluding hydrogens is 414 g/mol. The van der Waals surface area contributed by atoms with Crippen molar-refractivity contribution in [3.8, 4) is 0 Å². The summed E-state index contributed by atoms with van der Waals surface area (Å²) in [7, 11) is 0. The minimum absolute atomic E-state index is 0.0337. The standard InChI is InChI=1S/C18H25N5O6S/c19-8-15(25)21-11(7-14(20)24)16(26)23-13(9-30)17(27)22-12(18(28)29)6-10-4-2-1-3-5-10/h1-5,11-13,30H,6-9,19H2,(H2,20,24)(H,21,25)(H,22,27)(H,23,26)(H,28,29). The lowest BCUT2D eigenvalue weighted by atomic mass is 10.1. The zero-order valence-corrected chi connectivity index (χ0v) is 16.9. The van der Waals surface area contributed by atoms with E-state index in [1.165, 1.54) is 0 Å². The van der Waals surface area contributed by atoms with Crippen LogP contribution < -0.4 is 27.4 Å². The van der Waals surface area contributed by atoms with E-state index in [1.54, 1.807) is 30.3 Å². The third kappa shape index (κ3) is 8.49. The zero-order chi connectivity index (χ0) is 22.7. The minimum atomic E-state index is -1.34. The molecule has 0 fully saturated rings. The van der Waals surface area contributed by atoms with Crippen molar-refractivity contribution in [1.82, 2.24) is 16.0 Å². The Morgan fingerprint density at radius 2 is 1.50 bits per heavy atom. The van der Waals surface area contributed by atoms with Gasteiger partial charge in [-0.1, -0.05) is 30.3 Å². The van der Waals surface area contributed by atoms with Gasteiger partial charge in [0.15, 0.2) is 0 Å². The maximum atomic E-state index is 12.5. The SMILES string of the molecule is NCC(=O)NC(CC(N)=O)C(=O)NC(CS)C(=O)NC(Cc1ccccc1)C(=O)O. The van der Waals surface area contributed by atoms with Crippen molar-refractivity contribution in [2.45, 2.75) is 31.0 Å². The fourth-order valence-electron chi connectivity index (χ4n) is 2.45. The lowest BCUT2D eigenvalue weighted by molar-refractivity contribution is -0.142. The van der Waals surface area contributed by atoms with E-state index in [1.807, 2.05) is 0 Å². The molecule has 0 spiro atoms. The number of nitrogens with two attached hydrogens (primary N) is 2. The van der Waals surface area contributed by atoms with Gasteiger partial charge in [0.25, 0.3) is 0 Å². The number of benzene rings is 1. The molecular formula is C18H25N5O6S. The van der Waals surface area contributed by atoms with Crippen LogP contribution in [0.25, 0.3) is 0 Å². The average Bonchev–Trinajstić information content (AvgIpc) is 2.70. The number of rotatable bonds is 12. The van der Waals surface area contributed by atoms with Gasteiger partial charge < -0.3 is 32.5 Å². The van der Waals surface area contributed by atoms with Crippen LogP contribution in [0.3, 0.4) is 0 Å². The highest BCUT2D eigenvalue weighted by Gasteiger charge is 2.29. The van der Waals surface area contributed by atoms with Crippen molar-refractivity contribution < 1.29 is 29.1 Å². The van der Waals surface area contributed by atoms with Crippen LogP contribution in [0.4, 0.5) is 0 Å². The largest absolute Gasteiger partial charge is 0.480 e. The summed E-state index contributed by atoms with van der Waals surface area (Å²) in [5.41, 5.74) is 11.0. The Labute approximate surface area is 178 Å². The lowest BCUT2D eigenvalue weighted by Crippen LogP contribution is -2.57. The molecule has 3 unspecified atom stereocenters. The topological polar surface area (TPSA) is 194 Å². The highest BCUT2D eigenvalue weighted by Crippen LogP contribution is 2.04. The molecule has 0 radical (unpaired) electrons. The molecule has 4 amide bonds. The van der Waals surface area contributed by atoms with Gasteiger partial charge in [-0.2, -0.15) is 12.6 Å². The number of primary amides is 1. The molecule has 30 heavy (non-hydrogen) atoms. The summed E-state index contributed by atoms with van der Waals surface area (Å²) >= 11 is 4.01. The quantitative estimate of drug-likeness (QED) is 0.175. The summed E-state index contributed by atoms with van der Waals surface area (Å²) in [5, 5.41) is 16.3. The van der Waals surface area contributed by atoms with E-state index in [0.717, 1.165) is 0 Å². The van der Waals surface area contributed by atoms with E-state index in [-0.39, 0.29) is 12.2 Å². The minimum Gasteiger partial charge on any atom is -0.480 e. The number of amides is 4. The number of carboxylic acid groups (broad SMARTS) is 1. The summed E-state index contributed by atoms with van der Waals surface area (Å²) in [6.07, 6.45) is -0.476. The number of carbonyl (C=O) groups is 5. The molecule has 12 heteroatoms. The molecule has 11 nitrogen and oxygen atoms in total. The lowest BCUT2D eigenvalue weighted by Gasteiger charge is -2.23. The van der Waals surface area contributed by atoms with Crippen LogP contribution in [0.1, 0.15) is 12.0 Å². The predicted molar refractivity (Wildman–Crippen MR) is 110 cm³/mol. The van der Waals surface area contributed by atoms with Crippen LogP contribution >= 0.6 is 12.6 Å². The van der Waals surface area contributed by atoms with Crippen molar-refractivity contribution in [3.05, 3.63) is 35.9 Å². The molecule has 1 aromatic rings. The van der Waals surface area contributed by atoms with Crippen molar-refractivity contribution in [2.24, 2.45) is 11.5 Å². The van der Waals surface area contributed by atoms with Gasteiger partial charge >= 0.3 is 5.97 Å². The van der Waals surface area contributed by atoms with Crippen LogP contribution in [-0.4, -0.2) is 65.1 Å². The number of carbonyl (C=O) groups excluding carboxylic acids is 4. The Morgan fingerprint density at radius 3 is 2.00 bits per heavy atom. The molecule has 0 bridgehead atoms. The van der Waals surface area contributed by atoms with Crippen molar-refractivity contribution in [2.75, 3.05) is 12.3 Å². The second kappa shape index (κ2) is 12.4. The van der Waals surface area contributed by atoms with Gasteiger partial charge in [-0.15, -0.1) is 0 Å². The van der Waals surface area contributed by atoms with Crippen LogP contribution in [0, 0.1) is 0 Å². The molecule has 0 aliphatic heterocycles. The van der Waals surface area contributed by atoms with Crippen molar-refractivity contribution >= 4 is 42.2 Å². The molecule has 0 heterocycles. The highest BCUT2D eigenvalue weighted by atomic mass is 32.1. The average molecular weight is 439 g/mol. The highest BCUT2D eigenvalue weighted by molar-refractivity contribution is 7.80. The summed E-state index contributed by atoms with van der Waals surface area (Å²) < 4.78 is 0. The second-order valence-electron chi connectivity index (χ2n) is 6.33. The number of thiol groups is 1. The predicted octanol–water partition coefficient (Wildman–Crippen LogP) is -2.47. The number of nitrogens with one attached hydrogen (secondary N) is 3. The Kier molecular flexibility index (Phi) is 10.3. The summed E-state index contributed by atoms with van der Waals surface area (Å²) in [6.45, 7) is -0.418. The molecule has 3 atom stereocenters. The maximum Gasteiger partial charge on any atom is 0.326 e. The van der Waals surface area contributed by atoms with Gasteiger partial charge in [0.1, 0.15) is 18.1 Å². The fraction of sp³-hybridized carbons (Fsp3) is 0.389. The second-order valence-corrected chi connectivity index (χ2v) is 6.69. The molecule has 0 aromatic heterocycles. The van der Waals surface area contributed by atoms with E-state index in [0.29, 0.717) is 5.56 Å². The number of aliphatic carboxylic acids is 1. The van der Waals surface area contributed by atoms with Gasteiger partial charge in [-0.05, 0) is 5.56 Å². The molecule has 1 aromatic carbocycles. The van der Waals surface area contributed by atoms with Crippen molar-refractivity contribution in [3.63, 3.8) is 0 Å². The van der Waals surface area contributed by atoms with E-state index in [2.05, 4.69) is 28.6 Å². The first-order chi connectivity index (χ1) is 14.2. The van der Waals surface area contributed by atoms with Gasteiger partial charge in [-0.3, -0.25) is 19.2 Å². The van der Waals surface area contributed by atoms with Crippen LogP contribution in [-0.2, 0) is 30.4 Å². The van der Waals surface area contributed by atoms with Crippen LogP contribution in [0.2, 0.25) is 0 Å². The Morgan fingerprint density at radius 1 is 0.933 bits per heavy atom. The first kappa shape index (κ1) is 24.9. The molecule has 0 saturated heterocycles. The third-order valence-corrected chi connectivity index (χ3v) is 4.32. The summed E-state index contributed by atoms with van der Waals surface area (Å²) in [4.78, 5) is 59.1. The Bertz CT molecular complexity index is 776. The maximum absolute atomic E-state index is 12.5. The molecule has 0 aliphatic carbocycles. The number of hydrogen-bond donors (Lipinski definition) is 7. The summed E-state index contributed by atoms with van der Waals surface area (Å²) in [5.74, 6) is -4.61. The van der Waals surface area contributed by atoms with Gasteiger partial charge in [0.2, 0.25) is 23.6 Å². The van der Waals surface area contributed by atoms with Gasteiger partial charge in [0, 0.05) is 12.2 Å². The van der Waals surface area contributed by atoms with E-state index >= 15 is 0 Å². The van der Waals surface area contributed by atoms with Gasteiger partial charge in [0.05, 0.1) is 13.0 Å². The Balaban J connectivity index is 2.83. The smallest absolute Gasteiger partial charge is 0.326 e. The number of carboxylic acids is 1. The fourth-order valence-corrected chi connectivity index (χ4v) is 2.71. The normalized spacial score (nSPS) is 13.4. The molecule has 164 valence electrons. The summed E-state index contributed by atoms with van der Waals surface area (Å²) in [6, 6.07) is 4.89. The molecule has 1 rings (SSSR count). The van der Waals surface area contributed by atoms with Crippen LogP contribution in [0.5, 0.6) is 0 Å². The first-order valence-corrected chi connectivity index (χ1v) is 9.57. The monoisotopic (exact) mass is 439 g/mol. The van der Waals surface area contributed by atoms with Crippen LogP contribution in [0.15, 0.2) is 30.3 Å². The number of hydrogen-bond acceptors (Lipinski definition) is 7. The van der Waals surface area contributed by atoms with Gasteiger partial charge in [-0.25, -0.2) is 4.79 Å². The third-order valence-electron chi connectivity index (χ3n) is 3.96. The molecule has 0 aliphatic rings. The molecule has 0 saturated carbocycles. The Hall–Kier alpha value is -3.12. The van der Waals surface area contributed by atoms with Crippen molar-refractivity contribution in [1.29, 1.82) is 0 Å². The molecule has 8 N–H and O–H groups in total. The zero-order valence-electron chi connectivity index (χ0n) is 16.0. The van der Waals surface area contributed by atoms with E-state index < -0.39 is 60.7 Å². The van der Waals surface area contributed by atoms with E-state index in [4.69, 9.17) is 11.5 Å². The first-order valence-electron chi connectivity index (χ1n) is 8.94. The van der Waals surface area contributed by atoms with E-state index in [9.17, 15) is 29.1 Å².